The lowest BCUT2D eigenvalue weighted by atomic mass is 9.75. The molecule has 1 aliphatic carbocycles. The molecular formula is C14H22ClN3O2. The molecule has 1 aromatic rings. The van der Waals surface area contributed by atoms with Gasteiger partial charge in [-0.15, -0.1) is 0 Å². The zero-order valence-corrected chi connectivity index (χ0v) is 12.8. The molecule has 0 spiro atoms. The first kappa shape index (κ1) is 15.3. The number of aliphatic hydroxyl groups is 1. The fraction of sp³-hybridized carbons (Fsp3) is 0.714. The Bertz CT molecular complexity index is 528. The average Bonchev–Trinajstić information content (AvgIpc) is 2.37. The summed E-state index contributed by atoms with van der Waals surface area (Å²) < 4.78 is 1.18. The minimum atomic E-state index is -0.360. The van der Waals surface area contributed by atoms with E-state index < -0.39 is 0 Å². The molecule has 0 amide bonds. The molecule has 1 aliphatic rings. The number of anilines is 1. The standard InChI is InChI=1S/C14H22ClN3O2/c1-14(2)5-3-4-10(8-14)17-11-9-16-18(6-7-19)13(20)12(11)15/h9-10,17,19H,3-8H2,1-2H3. The zero-order chi connectivity index (χ0) is 14.8. The van der Waals surface area contributed by atoms with Crippen LogP contribution >= 0.6 is 11.6 Å². The van der Waals surface area contributed by atoms with Crippen LogP contribution in [0.25, 0.3) is 0 Å². The van der Waals surface area contributed by atoms with Crippen LogP contribution in [0.3, 0.4) is 0 Å². The predicted molar refractivity (Wildman–Crippen MR) is 80.3 cm³/mol. The van der Waals surface area contributed by atoms with Crippen molar-refractivity contribution in [1.29, 1.82) is 0 Å². The zero-order valence-electron chi connectivity index (χ0n) is 12.0. The molecule has 112 valence electrons. The summed E-state index contributed by atoms with van der Waals surface area (Å²) in [5.41, 5.74) is 0.552. The minimum Gasteiger partial charge on any atom is -0.394 e. The van der Waals surface area contributed by atoms with Crippen molar-refractivity contribution < 1.29 is 5.11 Å². The number of nitrogens with zero attached hydrogens (tertiary/aromatic N) is 2. The SMILES string of the molecule is CC1(C)CCCC(Nc2cnn(CCO)c(=O)c2Cl)C1. The van der Waals surface area contributed by atoms with Gasteiger partial charge in [0.15, 0.2) is 0 Å². The fourth-order valence-electron chi connectivity index (χ4n) is 2.86. The van der Waals surface area contributed by atoms with Crippen LogP contribution in [0.5, 0.6) is 0 Å². The Labute approximate surface area is 124 Å². The van der Waals surface area contributed by atoms with Crippen LogP contribution in [0.2, 0.25) is 5.02 Å². The number of aromatic nitrogens is 2. The van der Waals surface area contributed by atoms with E-state index in [0.29, 0.717) is 17.1 Å². The topological polar surface area (TPSA) is 67.2 Å². The summed E-state index contributed by atoms with van der Waals surface area (Å²) in [6, 6.07) is 0.325. The molecule has 6 heteroatoms. The third-order valence-corrected chi connectivity index (χ3v) is 4.23. The molecule has 1 unspecified atom stereocenters. The van der Waals surface area contributed by atoms with Gasteiger partial charge in [0.1, 0.15) is 5.02 Å². The third kappa shape index (κ3) is 3.52. The molecule has 0 radical (unpaired) electrons. The third-order valence-electron chi connectivity index (χ3n) is 3.86. The second kappa shape index (κ2) is 6.14. The Balaban J connectivity index is 2.14. The molecular weight excluding hydrogens is 278 g/mol. The van der Waals surface area contributed by atoms with Crippen molar-refractivity contribution in [2.24, 2.45) is 5.41 Å². The van der Waals surface area contributed by atoms with Crippen LogP contribution in [-0.4, -0.2) is 27.5 Å². The summed E-state index contributed by atoms with van der Waals surface area (Å²) in [6.07, 6.45) is 6.12. The molecule has 0 aliphatic heterocycles. The van der Waals surface area contributed by atoms with E-state index >= 15 is 0 Å². The van der Waals surface area contributed by atoms with Crippen LogP contribution in [0.4, 0.5) is 5.69 Å². The Morgan fingerprint density at radius 3 is 3.00 bits per heavy atom. The van der Waals surface area contributed by atoms with Gasteiger partial charge >= 0.3 is 0 Å². The summed E-state index contributed by atoms with van der Waals surface area (Å²) in [5, 5.41) is 16.4. The van der Waals surface area contributed by atoms with E-state index in [4.69, 9.17) is 16.7 Å². The summed E-state index contributed by atoms with van der Waals surface area (Å²) >= 11 is 6.11. The molecule has 2 N–H and O–H groups in total. The van der Waals surface area contributed by atoms with Crippen molar-refractivity contribution >= 4 is 17.3 Å². The monoisotopic (exact) mass is 299 g/mol. The number of hydrogen-bond donors (Lipinski definition) is 2. The minimum absolute atomic E-state index is 0.132. The van der Waals surface area contributed by atoms with E-state index in [1.165, 1.54) is 17.5 Å². The van der Waals surface area contributed by atoms with Crippen LogP contribution < -0.4 is 10.9 Å². The maximum absolute atomic E-state index is 12.0. The molecule has 1 saturated carbocycles. The van der Waals surface area contributed by atoms with Crippen LogP contribution in [0, 0.1) is 5.41 Å². The first-order valence-corrected chi connectivity index (χ1v) is 7.44. The molecule has 0 saturated heterocycles. The van der Waals surface area contributed by atoms with Gasteiger partial charge in [-0.2, -0.15) is 5.10 Å². The van der Waals surface area contributed by atoms with Crippen molar-refractivity contribution in [2.75, 3.05) is 11.9 Å². The summed E-state index contributed by atoms with van der Waals surface area (Å²) in [7, 11) is 0. The van der Waals surface area contributed by atoms with Crippen molar-refractivity contribution in [1.82, 2.24) is 9.78 Å². The molecule has 2 rings (SSSR count). The Morgan fingerprint density at radius 1 is 1.60 bits per heavy atom. The van der Waals surface area contributed by atoms with Crippen LogP contribution in [0.1, 0.15) is 39.5 Å². The highest BCUT2D eigenvalue weighted by molar-refractivity contribution is 6.32. The van der Waals surface area contributed by atoms with Gasteiger partial charge < -0.3 is 10.4 Å². The van der Waals surface area contributed by atoms with Gasteiger partial charge in [0.2, 0.25) is 0 Å². The van der Waals surface area contributed by atoms with Gasteiger partial charge in [-0.3, -0.25) is 4.79 Å². The smallest absolute Gasteiger partial charge is 0.287 e. The van der Waals surface area contributed by atoms with Gasteiger partial charge in [-0.05, 0) is 24.7 Å². The molecule has 0 bridgehead atoms. The number of rotatable bonds is 4. The van der Waals surface area contributed by atoms with E-state index in [9.17, 15) is 4.79 Å². The largest absolute Gasteiger partial charge is 0.394 e. The highest BCUT2D eigenvalue weighted by atomic mass is 35.5. The van der Waals surface area contributed by atoms with Crippen molar-refractivity contribution in [2.45, 2.75) is 52.1 Å². The van der Waals surface area contributed by atoms with Crippen molar-refractivity contribution in [3.05, 3.63) is 21.6 Å². The van der Waals surface area contributed by atoms with Crippen molar-refractivity contribution in [3.8, 4) is 0 Å². The molecule has 20 heavy (non-hydrogen) atoms. The number of halogens is 1. The normalized spacial score (nSPS) is 21.7. The van der Waals surface area contributed by atoms with E-state index in [1.807, 2.05) is 0 Å². The first-order chi connectivity index (χ1) is 9.43. The fourth-order valence-corrected chi connectivity index (χ4v) is 3.06. The van der Waals surface area contributed by atoms with Gasteiger partial charge in [0, 0.05) is 6.04 Å². The molecule has 1 aromatic heterocycles. The highest BCUT2D eigenvalue weighted by Gasteiger charge is 2.28. The van der Waals surface area contributed by atoms with Crippen LogP contribution in [0.15, 0.2) is 11.0 Å². The van der Waals surface area contributed by atoms with Gasteiger partial charge in [0.25, 0.3) is 5.56 Å². The number of hydrogen-bond acceptors (Lipinski definition) is 4. The van der Waals surface area contributed by atoms with Gasteiger partial charge in [-0.1, -0.05) is 31.9 Å². The van der Waals surface area contributed by atoms with E-state index in [1.54, 1.807) is 6.20 Å². The number of aliphatic hydroxyl groups excluding tert-OH is 1. The van der Waals surface area contributed by atoms with E-state index in [0.717, 1.165) is 12.8 Å². The lowest BCUT2D eigenvalue weighted by Crippen LogP contribution is -2.33. The second-order valence-corrected chi connectivity index (χ2v) is 6.60. The maximum atomic E-state index is 12.0. The first-order valence-electron chi connectivity index (χ1n) is 7.06. The summed E-state index contributed by atoms with van der Waals surface area (Å²) in [4.78, 5) is 12.0. The molecule has 0 aromatic carbocycles. The predicted octanol–water partition coefficient (Wildman–Crippen LogP) is 2.27. The molecule has 5 nitrogen and oxygen atoms in total. The van der Waals surface area contributed by atoms with Gasteiger partial charge in [-0.25, -0.2) is 4.68 Å². The van der Waals surface area contributed by atoms with E-state index in [-0.39, 0.29) is 23.7 Å². The maximum Gasteiger partial charge on any atom is 0.287 e. The lowest BCUT2D eigenvalue weighted by Gasteiger charge is -2.36. The molecule has 1 fully saturated rings. The molecule has 1 atom stereocenters. The van der Waals surface area contributed by atoms with Gasteiger partial charge in [0.05, 0.1) is 25.0 Å². The van der Waals surface area contributed by atoms with E-state index in [2.05, 4.69) is 24.3 Å². The Kier molecular flexibility index (Phi) is 4.70. The second-order valence-electron chi connectivity index (χ2n) is 6.23. The number of nitrogens with one attached hydrogen (secondary N) is 1. The van der Waals surface area contributed by atoms with Crippen LogP contribution in [-0.2, 0) is 6.54 Å². The highest BCUT2D eigenvalue weighted by Crippen LogP contribution is 2.36. The lowest BCUT2D eigenvalue weighted by molar-refractivity contribution is 0.229. The van der Waals surface area contributed by atoms with Crippen molar-refractivity contribution in [3.63, 3.8) is 0 Å². The molecule has 1 heterocycles. The Morgan fingerprint density at radius 2 is 2.35 bits per heavy atom. The average molecular weight is 300 g/mol. The summed E-state index contributed by atoms with van der Waals surface area (Å²) in [6.45, 7) is 4.56. The quantitative estimate of drug-likeness (QED) is 0.895. The Hall–Kier alpha value is -1.07. The summed E-state index contributed by atoms with van der Waals surface area (Å²) in [5.74, 6) is 0.